The Morgan fingerprint density at radius 2 is 2.17 bits per heavy atom. The van der Waals surface area contributed by atoms with Crippen molar-refractivity contribution >= 4 is 5.97 Å². The fourth-order valence-corrected chi connectivity index (χ4v) is 3.92. The Labute approximate surface area is 110 Å². The Balaban J connectivity index is 1.82. The summed E-state index contributed by atoms with van der Waals surface area (Å²) >= 11 is 0. The molecule has 0 aromatic carbocycles. The number of esters is 1. The summed E-state index contributed by atoms with van der Waals surface area (Å²) in [6.45, 7) is 3.37. The number of ether oxygens (including phenoxy) is 1. The Morgan fingerprint density at radius 3 is 2.67 bits per heavy atom. The molecular weight excluding hydrogens is 228 g/mol. The van der Waals surface area contributed by atoms with Crippen LogP contribution in [0.25, 0.3) is 0 Å². The molecule has 4 atom stereocenters. The fourth-order valence-electron chi connectivity index (χ4n) is 3.92. The Kier molecular flexibility index (Phi) is 3.97. The van der Waals surface area contributed by atoms with Crippen molar-refractivity contribution in [1.82, 2.24) is 4.90 Å². The van der Waals surface area contributed by atoms with Gasteiger partial charge in [-0.25, -0.2) is 0 Å². The van der Waals surface area contributed by atoms with Gasteiger partial charge in [-0.05, 0) is 51.0 Å². The van der Waals surface area contributed by atoms with Crippen molar-refractivity contribution in [3.8, 4) is 0 Å². The number of carbonyl (C=O) groups excluding carboxylic acids is 1. The summed E-state index contributed by atoms with van der Waals surface area (Å²) < 4.78 is 4.74. The van der Waals surface area contributed by atoms with Gasteiger partial charge in [0.05, 0.1) is 7.11 Å². The molecular formula is C14H26N2O2. The molecule has 104 valence electrons. The lowest BCUT2D eigenvalue weighted by Gasteiger charge is -2.31. The van der Waals surface area contributed by atoms with Crippen molar-refractivity contribution in [1.29, 1.82) is 0 Å². The van der Waals surface area contributed by atoms with Gasteiger partial charge >= 0.3 is 5.97 Å². The van der Waals surface area contributed by atoms with Crippen LogP contribution in [0.4, 0.5) is 0 Å². The number of nitrogens with two attached hydrogens (primary N) is 1. The smallest absolute Gasteiger partial charge is 0.326 e. The monoisotopic (exact) mass is 254 g/mol. The van der Waals surface area contributed by atoms with E-state index in [-0.39, 0.29) is 5.97 Å². The van der Waals surface area contributed by atoms with Gasteiger partial charge in [0.1, 0.15) is 5.54 Å². The van der Waals surface area contributed by atoms with Gasteiger partial charge in [-0.3, -0.25) is 4.79 Å². The first kappa shape index (κ1) is 13.8. The van der Waals surface area contributed by atoms with Gasteiger partial charge < -0.3 is 15.4 Å². The molecule has 0 aromatic heterocycles. The third-order valence-electron chi connectivity index (χ3n) is 4.68. The maximum atomic E-state index is 11.6. The molecule has 2 saturated carbocycles. The summed E-state index contributed by atoms with van der Waals surface area (Å²) in [5.74, 6) is 2.36. The van der Waals surface area contributed by atoms with Crippen LogP contribution in [0, 0.1) is 17.8 Å². The Bertz CT molecular complexity index is 317. The molecule has 2 aliphatic carbocycles. The number of methoxy groups -OCH3 is 1. The molecule has 4 heteroatoms. The van der Waals surface area contributed by atoms with Crippen molar-refractivity contribution < 1.29 is 9.53 Å². The standard InChI is InChI=1S/C14H26N2O2/c1-14(15,13(17)18-3)9-16(2)8-12-7-10-4-5-11(12)6-10/h10-12H,4-9,15H2,1-3H3. The highest BCUT2D eigenvalue weighted by Gasteiger charge is 2.40. The SMILES string of the molecule is COC(=O)C(C)(N)CN(C)CC1CC2CCC1C2. The molecule has 2 bridgehead atoms. The number of carbonyl (C=O) groups is 1. The van der Waals surface area contributed by atoms with E-state index < -0.39 is 5.54 Å². The van der Waals surface area contributed by atoms with Gasteiger partial charge in [0.2, 0.25) is 0 Å². The first-order valence-corrected chi connectivity index (χ1v) is 6.98. The van der Waals surface area contributed by atoms with Crippen molar-refractivity contribution in [3.05, 3.63) is 0 Å². The van der Waals surface area contributed by atoms with E-state index in [0.717, 1.165) is 24.3 Å². The van der Waals surface area contributed by atoms with Crippen molar-refractivity contribution in [2.45, 2.75) is 38.1 Å². The summed E-state index contributed by atoms with van der Waals surface area (Å²) in [6, 6.07) is 0. The molecule has 2 N–H and O–H groups in total. The van der Waals surface area contributed by atoms with Crippen LogP contribution in [0.2, 0.25) is 0 Å². The zero-order valence-electron chi connectivity index (χ0n) is 11.8. The highest BCUT2D eigenvalue weighted by Crippen LogP contribution is 2.48. The van der Waals surface area contributed by atoms with Crippen molar-refractivity contribution in [2.24, 2.45) is 23.5 Å². The van der Waals surface area contributed by atoms with Crippen LogP contribution in [0.3, 0.4) is 0 Å². The van der Waals surface area contributed by atoms with E-state index in [1.165, 1.54) is 32.8 Å². The zero-order valence-corrected chi connectivity index (χ0v) is 11.8. The molecule has 0 heterocycles. The van der Waals surface area contributed by atoms with E-state index in [1.54, 1.807) is 6.92 Å². The summed E-state index contributed by atoms with van der Waals surface area (Å²) in [5, 5.41) is 0. The average Bonchev–Trinajstić information content (AvgIpc) is 2.88. The molecule has 4 nitrogen and oxygen atoms in total. The highest BCUT2D eigenvalue weighted by molar-refractivity contribution is 5.80. The largest absolute Gasteiger partial charge is 0.468 e. The van der Waals surface area contributed by atoms with E-state index >= 15 is 0 Å². The number of hydrogen-bond donors (Lipinski definition) is 1. The minimum absolute atomic E-state index is 0.331. The second-order valence-corrected chi connectivity index (χ2v) is 6.54. The van der Waals surface area contributed by atoms with Crippen molar-refractivity contribution in [3.63, 3.8) is 0 Å². The first-order chi connectivity index (χ1) is 8.42. The van der Waals surface area contributed by atoms with Gasteiger partial charge in [0, 0.05) is 13.1 Å². The van der Waals surface area contributed by atoms with Gasteiger partial charge in [0.25, 0.3) is 0 Å². The lowest BCUT2D eigenvalue weighted by molar-refractivity contribution is -0.147. The van der Waals surface area contributed by atoms with E-state index in [9.17, 15) is 4.79 Å². The second kappa shape index (κ2) is 5.17. The molecule has 0 aliphatic heterocycles. The van der Waals surface area contributed by atoms with Gasteiger partial charge in [-0.2, -0.15) is 0 Å². The van der Waals surface area contributed by atoms with E-state index in [1.807, 2.05) is 0 Å². The maximum Gasteiger partial charge on any atom is 0.326 e. The van der Waals surface area contributed by atoms with E-state index in [4.69, 9.17) is 10.5 Å². The second-order valence-electron chi connectivity index (χ2n) is 6.54. The number of hydrogen-bond acceptors (Lipinski definition) is 4. The topological polar surface area (TPSA) is 55.6 Å². The first-order valence-electron chi connectivity index (χ1n) is 6.98. The maximum absolute atomic E-state index is 11.6. The lowest BCUT2D eigenvalue weighted by atomic mass is 9.88. The number of rotatable bonds is 5. The minimum Gasteiger partial charge on any atom is -0.468 e. The molecule has 18 heavy (non-hydrogen) atoms. The molecule has 2 rings (SSSR count). The van der Waals surface area contributed by atoms with Crippen LogP contribution in [-0.4, -0.2) is 43.7 Å². The minimum atomic E-state index is -0.902. The van der Waals surface area contributed by atoms with Gasteiger partial charge in [-0.15, -0.1) is 0 Å². The fraction of sp³-hybridized carbons (Fsp3) is 0.929. The molecule has 0 radical (unpaired) electrons. The predicted octanol–water partition coefficient (Wildman–Crippen LogP) is 1.24. The Hall–Kier alpha value is -0.610. The lowest BCUT2D eigenvalue weighted by Crippen LogP contribution is -2.54. The van der Waals surface area contributed by atoms with Crippen LogP contribution in [-0.2, 0) is 9.53 Å². The molecule has 0 amide bonds. The summed E-state index contributed by atoms with van der Waals surface area (Å²) in [4.78, 5) is 13.8. The quantitative estimate of drug-likeness (QED) is 0.750. The van der Waals surface area contributed by atoms with Gasteiger partial charge in [-0.1, -0.05) is 6.42 Å². The predicted molar refractivity (Wildman–Crippen MR) is 71.0 cm³/mol. The Morgan fingerprint density at radius 1 is 1.44 bits per heavy atom. The molecule has 0 spiro atoms. The van der Waals surface area contributed by atoms with Crippen LogP contribution in [0.1, 0.15) is 32.6 Å². The summed E-state index contributed by atoms with van der Waals surface area (Å²) in [5.41, 5.74) is 5.10. The molecule has 2 aliphatic rings. The zero-order chi connectivity index (χ0) is 13.3. The summed E-state index contributed by atoms with van der Waals surface area (Å²) in [7, 11) is 3.45. The third-order valence-corrected chi connectivity index (χ3v) is 4.68. The van der Waals surface area contributed by atoms with E-state index in [0.29, 0.717) is 6.54 Å². The van der Waals surface area contributed by atoms with Crippen molar-refractivity contribution in [2.75, 3.05) is 27.2 Å². The normalized spacial score (nSPS) is 33.7. The van der Waals surface area contributed by atoms with E-state index in [2.05, 4.69) is 11.9 Å². The molecule has 2 fully saturated rings. The number of fused-ring (bicyclic) bond motifs is 2. The van der Waals surface area contributed by atoms with Crippen LogP contribution in [0.15, 0.2) is 0 Å². The molecule has 0 aromatic rings. The van der Waals surface area contributed by atoms with Gasteiger partial charge in [0.15, 0.2) is 0 Å². The number of nitrogens with zero attached hydrogens (tertiary/aromatic N) is 1. The molecule has 0 saturated heterocycles. The van der Waals surface area contributed by atoms with Crippen LogP contribution >= 0.6 is 0 Å². The molecule has 4 unspecified atom stereocenters. The summed E-state index contributed by atoms with van der Waals surface area (Å²) in [6.07, 6.45) is 5.63. The average molecular weight is 254 g/mol. The van der Waals surface area contributed by atoms with Crippen LogP contribution < -0.4 is 5.73 Å². The number of likely N-dealkylation sites (N-methyl/N-ethyl adjacent to an activating group) is 1. The highest BCUT2D eigenvalue weighted by atomic mass is 16.5. The third kappa shape index (κ3) is 2.86. The van der Waals surface area contributed by atoms with Crippen LogP contribution in [0.5, 0.6) is 0 Å².